The van der Waals surface area contributed by atoms with Gasteiger partial charge in [0.05, 0.1) is 17.8 Å². The van der Waals surface area contributed by atoms with Crippen LogP contribution in [-0.2, 0) is 13.0 Å². The summed E-state index contributed by atoms with van der Waals surface area (Å²) >= 11 is 0. The molecule has 0 fully saturated rings. The SMILES string of the molecule is CCOc1cccc(-c2nc3ccc4ccccc4c3c3c2CN(CC)CC3)c1. The fraction of sp³-hybridized carbons (Fsp3) is 0.269. The van der Waals surface area contributed by atoms with E-state index in [9.17, 15) is 0 Å². The highest BCUT2D eigenvalue weighted by molar-refractivity contribution is 6.09. The minimum atomic E-state index is 0.669. The van der Waals surface area contributed by atoms with E-state index >= 15 is 0 Å². The number of rotatable bonds is 4. The molecule has 146 valence electrons. The Kier molecular flexibility index (Phi) is 4.69. The molecule has 5 rings (SSSR count). The van der Waals surface area contributed by atoms with Gasteiger partial charge in [0, 0.05) is 24.0 Å². The third-order valence-electron chi connectivity index (χ3n) is 6.02. The summed E-state index contributed by atoms with van der Waals surface area (Å²) in [4.78, 5) is 7.71. The van der Waals surface area contributed by atoms with E-state index in [0.29, 0.717) is 6.61 Å². The van der Waals surface area contributed by atoms with Gasteiger partial charge in [0.25, 0.3) is 0 Å². The van der Waals surface area contributed by atoms with E-state index in [0.717, 1.165) is 48.6 Å². The van der Waals surface area contributed by atoms with Crippen molar-refractivity contribution in [3.05, 3.63) is 71.8 Å². The molecule has 0 bridgehead atoms. The van der Waals surface area contributed by atoms with Crippen LogP contribution in [0.2, 0.25) is 0 Å². The molecule has 1 aliphatic heterocycles. The number of benzene rings is 3. The van der Waals surface area contributed by atoms with Gasteiger partial charge in [0.2, 0.25) is 0 Å². The molecule has 0 atom stereocenters. The molecule has 0 saturated heterocycles. The van der Waals surface area contributed by atoms with Gasteiger partial charge in [-0.3, -0.25) is 4.90 Å². The maximum Gasteiger partial charge on any atom is 0.119 e. The van der Waals surface area contributed by atoms with E-state index in [1.165, 1.54) is 27.3 Å². The quantitative estimate of drug-likeness (QED) is 0.415. The molecule has 29 heavy (non-hydrogen) atoms. The largest absolute Gasteiger partial charge is 0.494 e. The summed E-state index contributed by atoms with van der Waals surface area (Å²) in [6, 6.07) is 21.4. The second-order valence-corrected chi connectivity index (χ2v) is 7.68. The van der Waals surface area contributed by atoms with Crippen LogP contribution in [-0.4, -0.2) is 29.6 Å². The zero-order valence-electron chi connectivity index (χ0n) is 17.1. The lowest BCUT2D eigenvalue weighted by atomic mass is 9.89. The molecule has 0 amide bonds. The van der Waals surface area contributed by atoms with Crippen molar-refractivity contribution >= 4 is 21.7 Å². The number of fused-ring (bicyclic) bond motifs is 5. The van der Waals surface area contributed by atoms with Crippen molar-refractivity contribution in [1.82, 2.24) is 9.88 Å². The van der Waals surface area contributed by atoms with Crippen LogP contribution in [0.3, 0.4) is 0 Å². The number of hydrogen-bond donors (Lipinski definition) is 0. The van der Waals surface area contributed by atoms with Crippen LogP contribution in [0.4, 0.5) is 0 Å². The number of aromatic nitrogens is 1. The predicted octanol–water partition coefficient (Wildman–Crippen LogP) is 5.83. The summed E-state index contributed by atoms with van der Waals surface area (Å²) in [5, 5.41) is 3.93. The smallest absolute Gasteiger partial charge is 0.119 e. The lowest BCUT2D eigenvalue weighted by molar-refractivity contribution is 0.269. The number of hydrogen-bond acceptors (Lipinski definition) is 3. The first-order valence-electron chi connectivity index (χ1n) is 10.6. The molecular formula is C26H26N2O. The maximum absolute atomic E-state index is 5.76. The molecule has 4 aromatic rings. The molecule has 0 aliphatic carbocycles. The van der Waals surface area contributed by atoms with Crippen LogP contribution >= 0.6 is 0 Å². The molecule has 3 aromatic carbocycles. The molecule has 0 spiro atoms. The van der Waals surface area contributed by atoms with Gasteiger partial charge in [-0.15, -0.1) is 0 Å². The Balaban J connectivity index is 1.80. The van der Waals surface area contributed by atoms with Gasteiger partial charge in [-0.2, -0.15) is 0 Å². The number of nitrogens with zero attached hydrogens (tertiary/aromatic N) is 2. The highest BCUT2D eigenvalue weighted by atomic mass is 16.5. The van der Waals surface area contributed by atoms with Crippen LogP contribution < -0.4 is 4.74 Å². The predicted molar refractivity (Wildman–Crippen MR) is 121 cm³/mol. The zero-order chi connectivity index (χ0) is 19.8. The maximum atomic E-state index is 5.76. The molecule has 0 saturated carbocycles. The van der Waals surface area contributed by atoms with Gasteiger partial charge in [-0.05, 0) is 60.0 Å². The van der Waals surface area contributed by atoms with Gasteiger partial charge in [0.1, 0.15) is 5.75 Å². The van der Waals surface area contributed by atoms with Crippen molar-refractivity contribution in [3.63, 3.8) is 0 Å². The molecule has 2 heterocycles. The van der Waals surface area contributed by atoms with Crippen molar-refractivity contribution in [1.29, 1.82) is 0 Å². The summed E-state index contributed by atoms with van der Waals surface area (Å²) in [6.07, 6.45) is 1.06. The normalized spacial score (nSPS) is 14.3. The van der Waals surface area contributed by atoms with Crippen molar-refractivity contribution in [2.75, 3.05) is 19.7 Å². The third kappa shape index (κ3) is 3.16. The van der Waals surface area contributed by atoms with Crippen molar-refractivity contribution in [3.8, 4) is 17.0 Å². The zero-order valence-corrected chi connectivity index (χ0v) is 17.1. The number of pyridine rings is 1. The van der Waals surface area contributed by atoms with Crippen LogP contribution in [0.25, 0.3) is 32.9 Å². The highest BCUT2D eigenvalue weighted by Gasteiger charge is 2.23. The van der Waals surface area contributed by atoms with Crippen molar-refractivity contribution in [2.45, 2.75) is 26.8 Å². The fourth-order valence-electron chi connectivity index (χ4n) is 4.58. The van der Waals surface area contributed by atoms with Crippen LogP contribution in [0.1, 0.15) is 25.0 Å². The van der Waals surface area contributed by atoms with Crippen molar-refractivity contribution in [2.24, 2.45) is 0 Å². The Morgan fingerprint density at radius 3 is 2.72 bits per heavy atom. The summed E-state index contributed by atoms with van der Waals surface area (Å²) in [5.74, 6) is 0.905. The molecule has 0 radical (unpaired) electrons. The topological polar surface area (TPSA) is 25.4 Å². The van der Waals surface area contributed by atoms with E-state index in [-0.39, 0.29) is 0 Å². The van der Waals surface area contributed by atoms with Gasteiger partial charge in [-0.1, -0.05) is 49.4 Å². The van der Waals surface area contributed by atoms with Gasteiger partial charge in [-0.25, -0.2) is 4.98 Å². The van der Waals surface area contributed by atoms with E-state index < -0.39 is 0 Å². The molecular weight excluding hydrogens is 356 g/mol. The summed E-state index contributed by atoms with van der Waals surface area (Å²) in [6.45, 7) is 8.04. The monoisotopic (exact) mass is 382 g/mol. The second-order valence-electron chi connectivity index (χ2n) is 7.68. The first-order chi connectivity index (χ1) is 14.3. The molecule has 3 heteroatoms. The lowest BCUT2D eigenvalue weighted by Gasteiger charge is -2.30. The minimum Gasteiger partial charge on any atom is -0.494 e. The van der Waals surface area contributed by atoms with Crippen molar-refractivity contribution < 1.29 is 4.74 Å². The first kappa shape index (κ1) is 18.1. The molecule has 1 aliphatic rings. The third-order valence-corrected chi connectivity index (χ3v) is 6.02. The average Bonchev–Trinajstić information content (AvgIpc) is 2.78. The minimum absolute atomic E-state index is 0.669. The summed E-state index contributed by atoms with van der Waals surface area (Å²) < 4.78 is 5.76. The molecule has 0 N–H and O–H groups in total. The lowest BCUT2D eigenvalue weighted by Crippen LogP contribution is -2.31. The van der Waals surface area contributed by atoms with Gasteiger partial charge in [0.15, 0.2) is 0 Å². The fourth-order valence-corrected chi connectivity index (χ4v) is 4.58. The second kappa shape index (κ2) is 7.49. The molecule has 1 aromatic heterocycles. The molecule has 3 nitrogen and oxygen atoms in total. The summed E-state index contributed by atoms with van der Waals surface area (Å²) in [5.41, 5.74) is 6.16. The standard InChI is InChI=1S/C26H26N2O/c1-3-28-15-14-22-23(17-28)26(19-9-7-10-20(16-19)29-4-2)27-24-13-12-18-8-5-6-11-21(18)25(22)24/h5-13,16H,3-4,14-15,17H2,1-2H3. The Bertz CT molecular complexity index is 1200. The van der Waals surface area contributed by atoms with E-state index in [2.05, 4.69) is 66.4 Å². The van der Waals surface area contributed by atoms with E-state index in [1.807, 2.05) is 13.0 Å². The average molecular weight is 383 g/mol. The van der Waals surface area contributed by atoms with E-state index in [1.54, 1.807) is 0 Å². The summed E-state index contributed by atoms with van der Waals surface area (Å²) in [7, 11) is 0. The highest BCUT2D eigenvalue weighted by Crippen LogP contribution is 2.37. The van der Waals surface area contributed by atoms with Crippen LogP contribution in [0.15, 0.2) is 60.7 Å². The Morgan fingerprint density at radius 2 is 1.86 bits per heavy atom. The number of ether oxygens (including phenoxy) is 1. The Labute approximate surface area is 171 Å². The van der Waals surface area contributed by atoms with Gasteiger partial charge < -0.3 is 4.74 Å². The number of likely N-dealkylation sites (N-methyl/N-ethyl adjacent to an activating group) is 1. The molecule has 0 unspecified atom stereocenters. The van der Waals surface area contributed by atoms with Gasteiger partial charge >= 0.3 is 0 Å². The Hall–Kier alpha value is -2.91. The van der Waals surface area contributed by atoms with Crippen LogP contribution in [0, 0.1) is 0 Å². The Morgan fingerprint density at radius 1 is 0.966 bits per heavy atom. The first-order valence-corrected chi connectivity index (χ1v) is 10.6. The van der Waals surface area contributed by atoms with E-state index in [4.69, 9.17) is 9.72 Å². The van der Waals surface area contributed by atoms with Crippen LogP contribution in [0.5, 0.6) is 5.75 Å².